The summed E-state index contributed by atoms with van der Waals surface area (Å²) in [5.74, 6) is 0.370. The van der Waals surface area contributed by atoms with Crippen molar-refractivity contribution in [1.82, 2.24) is 25.3 Å². The van der Waals surface area contributed by atoms with E-state index in [0.29, 0.717) is 40.1 Å². The Kier molecular flexibility index (Phi) is 4.62. The zero-order chi connectivity index (χ0) is 16.9. The highest BCUT2D eigenvalue weighted by atomic mass is 35.5. The Hall–Kier alpha value is -3.06. The quantitative estimate of drug-likeness (QED) is 0.562. The van der Waals surface area contributed by atoms with Crippen molar-refractivity contribution >= 4 is 34.6 Å². The van der Waals surface area contributed by atoms with Crippen molar-refractivity contribution in [2.45, 2.75) is 0 Å². The standard InChI is InChI=1S/C16H13ClN6O/c1-2-8-18-16(24)23-14-7-6-11-15(22-14)21-12(9-19-11)10-4-3-5-13(17)20-10/h2-7,9H,1,8H2,(H2,18,21,22,23,24). The summed E-state index contributed by atoms with van der Waals surface area (Å²) in [6.07, 6.45) is 3.19. The lowest BCUT2D eigenvalue weighted by molar-refractivity contribution is 0.253. The molecule has 0 saturated carbocycles. The number of anilines is 1. The summed E-state index contributed by atoms with van der Waals surface area (Å²) in [6.45, 7) is 3.90. The fourth-order valence-electron chi connectivity index (χ4n) is 1.97. The summed E-state index contributed by atoms with van der Waals surface area (Å²) in [6, 6.07) is 8.26. The predicted molar refractivity (Wildman–Crippen MR) is 92.8 cm³/mol. The van der Waals surface area contributed by atoms with Crippen LogP contribution >= 0.6 is 11.6 Å². The highest BCUT2D eigenvalue weighted by Gasteiger charge is 2.08. The zero-order valence-corrected chi connectivity index (χ0v) is 13.3. The minimum atomic E-state index is -0.373. The normalized spacial score (nSPS) is 10.4. The van der Waals surface area contributed by atoms with Crippen molar-refractivity contribution < 1.29 is 4.79 Å². The van der Waals surface area contributed by atoms with Crippen LogP contribution in [0, 0.1) is 0 Å². The molecule has 3 aromatic heterocycles. The molecule has 24 heavy (non-hydrogen) atoms. The highest BCUT2D eigenvalue weighted by molar-refractivity contribution is 6.29. The van der Waals surface area contributed by atoms with Gasteiger partial charge in [0.1, 0.15) is 22.2 Å². The van der Waals surface area contributed by atoms with Gasteiger partial charge in [-0.25, -0.2) is 19.7 Å². The van der Waals surface area contributed by atoms with Crippen molar-refractivity contribution in [1.29, 1.82) is 0 Å². The molecule has 0 fully saturated rings. The molecule has 0 unspecified atom stereocenters. The van der Waals surface area contributed by atoms with Crippen LogP contribution in [-0.4, -0.2) is 32.5 Å². The monoisotopic (exact) mass is 340 g/mol. The SMILES string of the molecule is C=CCNC(=O)Nc1ccc2ncc(-c3cccc(Cl)n3)nc2n1. The Morgan fingerprint density at radius 1 is 1.17 bits per heavy atom. The van der Waals surface area contributed by atoms with E-state index in [2.05, 4.69) is 37.1 Å². The van der Waals surface area contributed by atoms with Gasteiger partial charge in [0.05, 0.1) is 11.9 Å². The lowest BCUT2D eigenvalue weighted by atomic mass is 10.3. The molecule has 0 spiro atoms. The van der Waals surface area contributed by atoms with E-state index in [0.717, 1.165) is 0 Å². The summed E-state index contributed by atoms with van der Waals surface area (Å²) < 4.78 is 0. The molecule has 0 atom stereocenters. The lowest BCUT2D eigenvalue weighted by Gasteiger charge is -2.06. The number of hydrogen-bond donors (Lipinski definition) is 2. The van der Waals surface area contributed by atoms with Gasteiger partial charge in [-0.15, -0.1) is 6.58 Å². The van der Waals surface area contributed by atoms with Crippen LogP contribution in [0.4, 0.5) is 10.6 Å². The molecular weight excluding hydrogens is 328 g/mol. The lowest BCUT2D eigenvalue weighted by Crippen LogP contribution is -2.28. The topological polar surface area (TPSA) is 92.7 Å². The van der Waals surface area contributed by atoms with E-state index < -0.39 is 0 Å². The van der Waals surface area contributed by atoms with Gasteiger partial charge in [0.25, 0.3) is 0 Å². The van der Waals surface area contributed by atoms with Crippen LogP contribution in [0.1, 0.15) is 0 Å². The molecule has 8 heteroatoms. The number of urea groups is 1. The van der Waals surface area contributed by atoms with E-state index in [1.807, 2.05) is 0 Å². The Morgan fingerprint density at radius 2 is 2.04 bits per heavy atom. The van der Waals surface area contributed by atoms with Gasteiger partial charge >= 0.3 is 6.03 Å². The Labute approximate surface area is 142 Å². The first-order valence-corrected chi connectivity index (χ1v) is 7.46. The van der Waals surface area contributed by atoms with Crippen LogP contribution in [0.15, 0.2) is 49.2 Å². The van der Waals surface area contributed by atoms with E-state index in [1.54, 1.807) is 42.6 Å². The average molecular weight is 341 g/mol. The largest absolute Gasteiger partial charge is 0.334 e. The number of nitrogens with zero attached hydrogens (tertiary/aromatic N) is 4. The summed E-state index contributed by atoms with van der Waals surface area (Å²) in [5, 5.41) is 5.60. The molecule has 0 aromatic carbocycles. The van der Waals surface area contributed by atoms with Crippen LogP contribution in [-0.2, 0) is 0 Å². The second-order valence-electron chi connectivity index (χ2n) is 4.76. The van der Waals surface area contributed by atoms with Gasteiger partial charge in [-0.05, 0) is 24.3 Å². The summed E-state index contributed by atoms with van der Waals surface area (Å²) >= 11 is 5.90. The number of carbonyl (C=O) groups is 1. The van der Waals surface area contributed by atoms with E-state index in [4.69, 9.17) is 11.6 Å². The van der Waals surface area contributed by atoms with E-state index in [1.165, 1.54) is 0 Å². The molecule has 3 rings (SSSR count). The number of aromatic nitrogens is 4. The van der Waals surface area contributed by atoms with Crippen molar-refractivity contribution in [3.63, 3.8) is 0 Å². The number of hydrogen-bond acceptors (Lipinski definition) is 5. The molecular formula is C16H13ClN6O. The Morgan fingerprint density at radius 3 is 2.83 bits per heavy atom. The average Bonchev–Trinajstić information content (AvgIpc) is 2.59. The molecule has 0 saturated heterocycles. The molecule has 3 heterocycles. The molecule has 3 aromatic rings. The first-order chi connectivity index (χ1) is 11.7. The minimum Gasteiger partial charge on any atom is -0.334 e. The number of pyridine rings is 2. The molecule has 0 aliphatic carbocycles. The predicted octanol–water partition coefficient (Wildman–Crippen LogP) is 3.05. The van der Waals surface area contributed by atoms with Gasteiger partial charge < -0.3 is 5.32 Å². The van der Waals surface area contributed by atoms with Crippen LogP contribution in [0.3, 0.4) is 0 Å². The first-order valence-electron chi connectivity index (χ1n) is 7.08. The second kappa shape index (κ2) is 7.01. The second-order valence-corrected chi connectivity index (χ2v) is 5.15. The highest BCUT2D eigenvalue weighted by Crippen LogP contribution is 2.19. The molecule has 0 radical (unpaired) electrons. The van der Waals surface area contributed by atoms with Crippen molar-refractivity contribution in [3.8, 4) is 11.4 Å². The third-order valence-corrected chi connectivity index (χ3v) is 3.24. The summed E-state index contributed by atoms with van der Waals surface area (Å²) in [4.78, 5) is 28.9. The summed E-state index contributed by atoms with van der Waals surface area (Å²) in [7, 11) is 0. The van der Waals surface area contributed by atoms with Crippen LogP contribution in [0.5, 0.6) is 0 Å². The molecule has 2 N–H and O–H groups in total. The first kappa shape index (κ1) is 15.8. The maximum absolute atomic E-state index is 11.7. The van der Waals surface area contributed by atoms with Gasteiger partial charge in [-0.3, -0.25) is 10.3 Å². The van der Waals surface area contributed by atoms with E-state index >= 15 is 0 Å². The molecule has 0 aliphatic heterocycles. The molecule has 120 valence electrons. The van der Waals surface area contributed by atoms with Crippen LogP contribution in [0.25, 0.3) is 22.6 Å². The zero-order valence-electron chi connectivity index (χ0n) is 12.5. The van der Waals surface area contributed by atoms with Gasteiger partial charge in [0.2, 0.25) is 0 Å². The van der Waals surface area contributed by atoms with Gasteiger partial charge in [-0.2, -0.15) is 0 Å². The minimum absolute atomic E-state index is 0.365. The number of nitrogens with one attached hydrogen (secondary N) is 2. The van der Waals surface area contributed by atoms with Crippen molar-refractivity contribution in [2.24, 2.45) is 0 Å². The van der Waals surface area contributed by atoms with Gasteiger partial charge in [-0.1, -0.05) is 23.7 Å². The fraction of sp³-hybridized carbons (Fsp3) is 0.0625. The van der Waals surface area contributed by atoms with Crippen LogP contribution in [0.2, 0.25) is 5.15 Å². The van der Waals surface area contributed by atoms with Crippen molar-refractivity contribution in [3.05, 3.63) is 54.3 Å². The molecule has 7 nitrogen and oxygen atoms in total. The fourth-order valence-corrected chi connectivity index (χ4v) is 2.13. The summed E-state index contributed by atoms with van der Waals surface area (Å²) in [5.41, 5.74) is 2.15. The van der Waals surface area contributed by atoms with Crippen molar-refractivity contribution in [2.75, 3.05) is 11.9 Å². The number of carbonyl (C=O) groups excluding carboxylic acids is 1. The van der Waals surface area contributed by atoms with E-state index in [9.17, 15) is 4.79 Å². The Bertz CT molecular complexity index is 914. The smallest absolute Gasteiger partial charge is 0.320 e. The Balaban J connectivity index is 1.90. The maximum Gasteiger partial charge on any atom is 0.320 e. The number of rotatable bonds is 4. The number of fused-ring (bicyclic) bond motifs is 1. The van der Waals surface area contributed by atoms with Gasteiger partial charge in [0.15, 0.2) is 5.65 Å². The van der Waals surface area contributed by atoms with Gasteiger partial charge in [0, 0.05) is 6.54 Å². The maximum atomic E-state index is 11.7. The molecule has 0 bridgehead atoms. The third-order valence-electron chi connectivity index (χ3n) is 3.03. The number of amides is 2. The third kappa shape index (κ3) is 3.64. The van der Waals surface area contributed by atoms with Crippen LogP contribution < -0.4 is 10.6 Å². The molecule has 2 amide bonds. The van der Waals surface area contributed by atoms with E-state index in [-0.39, 0.29) is 6.03 Å². The molecule has 0 aliphatic rings. The number of halogens is 1.